The van der Waals surface area contributed by atoms with Crippen molar-refractivity contribution in [3.05, 3.63) is 34.9 Å². The second kappa shape index (κ2) is 6.56. The van der Waals surface area contributed by atoms with E-state index in [9.17, 15) is 4.79 Å². The van der Waals surface area contributed by atoms with Gasteiger partial charge in [-0.1, -0.05) is 17.9 Å². The molecular formula is C16H20N2O2. The van der Waals surface area contributed by atoms with Crippen molar-refractivity contribution in [2.24, 2.45) is 5.73 Å². The first kappa shape index (κ1) is 14.6. The number of nitrogens with one attached hydrogen (secondary N) is 1. The topological polar surface area (TPSA) is 64.4 Å². The molecule has 0 saturated carbocycles. The summed E-state index contributed by atoms with van der Waals surface area (Å²) < 4.78 is 5.46. The van der Waals surface area contributed by atoms with E-state index < -0.39 is 0 Å². The molecule has 1 heterocycles. The van der Waals surface area contributed by atoms with Gasteiger partial charge in [0, 0.05) is 17.7 Å². The zero-order valence-corrected chi connectivity index (χ0v) is 11.9. The van der Waals surface area contributed by atoms with Gasteiger partial charge in [-0.25, -0.2) is 0 Å². The zero-order chi connectivity index (χ0) is 14.5. The first-order valence-electron chi connectivity index (χ1n) is 6.84. The number of nitrogens with two attached hydrogens (primary N) is 1. The molecule has 2 atom stereocenters. The molecule has 1 amide bonds. The molecule has 20 heavy (non-hydrogen) atoms. The third-order valence-electron chi connectivity index (χ3n) is 3.51. The second-order valence-corrected chi connectivity index (χ2v) is 4.98. The molecule has 0 aromatic heterocycles. The Bertz CT molecular complexity index is 557. The van der Waals surface area contributed by atoms with E-state index in [2.05, 4.69) is 17.2 Å². The van der Waals surface area contributed by atoms with Gasteiger partial charge >= 0.3 is 0 Å². The number of carbonyl (C=O) groups excluding carboxylic acids is 1. The maximum Gasteiger partial charge on any atom is 0.251 e. The summed E-state index contributed by atoms with van der Waals surface area (Å²) in [6, 6.07) is 5.70. The van der Waals surface area contributed by atoms with Gasteiger partial charge in [-0.3, -0.25) is 4.79 Å². The van der Waals surface area contributed by atoms with Crippen LogP contribution in [0.5, 0.6) is 0 Å². The van der Waals surface area contributed by atoms with Gasteiger partial charge in [-0.05, 0) is 38.0 Å². The highest BCUT2D eigenvalue weighted by atomic mass is 16.5. The lowest BCUT2D eigenvalue weighted by molar-refractivity contribution is 0.0865. The molecule has 0 aliphatic carbocycles. The molecule has 0 radical (unpaired) electrons. The summed E-state index contributed by atoms with van der Waals surface area (Å²) in [6.45, 7) is 4.91. The first-order chi connectivity index (χ1) is 9.61. The van der Waals surface area contributed by atoms with Gasteiger partial charge in [0.25, 0.3) is 5.91 Å². The van der Waals surface area contributed by atoms with Crippen LogP contribution in [0.1, 0.15) is 34.8 Å². The SMILES string of the molecule is Cc1ccc(C#CCN)cc1C(=O)NC1CCOC1C. The molecule has 2 rings (SSSR count). The molecule has 106 valence electrons. The lowest BCUT2D eigenvalue weighted by Gasteiger charge is -2.17. The van der Waals surface area contributed by atoms with Gasteiger partial charge in [-0.2, -0.15) is 0 Å². The van der Waals surface area contributed by atoms with Crippen LogP contribution in [-0.2, 0) is 4.74 Å². The summed E-state index contributed by atoms with van der Waals surface area (Å²) in [4.78, 5) is 12.4. The van der Waals surface area contributed by atoms with Crippen molar-refractivity contribution < 1.29 is 9.53 Å². The highest BCUT2D eigenvalue weighted by Crippen LogP contribution is 2.15. The van der Waals surface area contributed by atoms with Gasteiger partial charge in [0.15, 0.2) is 0 Å². The van der Waals surface area contributed by atoms with E-state index in [-0.39, 0.29) is 18.1 Å². The number of ether oxygens (including phenoxy) is 1. The molecule has 1 fully saturated rings. The first-order valence-corrected chi connectivity index (χ1v) is 6.84. The quantitative estimate of drug-likeness (QED) is 0.795. The Kier molecular flexibility index (Phi) is 4.78. The van der Waals surface area contributed by atoms with E-state index in [1.165, 1.54) is 0 Å². The molecule has 0 spiro atoms. The Morgan fingerprint density at radius 2 is 2.35 bits per heavy atom. The average molecular weight is 272 g/mol. The van der Waals surface area contributed by atoms with Gasteiger partial charge in [0.1, 0.15) is 0 Å². The van der Waals surface area contributed by atoms with Crippen LogP contribution < -0.4 is 11.1 Å². The minimum absolute atomic E-state index is 0.0683. The summed E-state index contributed by atoms with van der Waals surface area (Å²) in [7, 11) is 0. The third-order valence-corrected chi connectivity index (χ3v) is 3.51. The molecule has 1 aliphatic heterocycles. The Labute approximate surface area is 119 Å². The minimum atomic E-state index is -0.0683. The molecule has 4 nitrogen and oxygen atoms in total. The van der Waals surface area contributed by atoms with Crippen LogP contribution in [0.15, 0.2) is 18.2 Å². The van der Waals surface area contributed by atoms with E-state index in [0.29, 0.717) is 18.7 Å². The van der Waals surface area contributed by atoms with Crippen molar-refractivity contribution in [1.29, 1.82) is 0 Å². The number of benzene rings is 1. The summed E-state index contributed by atoms with van der Waals surface area (Å²) in [5.41, 5.74) is 7.77. The fraction of sp³-hybridized carbons (Fsp3) is 0.438. The van der Waals surface area contributed by atoms with Gasteiger partial charge in [-0.15, -0.1) is 0 Å². The number of hydrogen-bond acceptors (Lipinski definition) is 3. The van der Waals surface area contributed by atoms with E-state index in [4.69, 9.17) is 10.5 Å². The van der Waals surface area contributed by atoms with E-state index in [1.54, 1.807) is 0 Å². The average Bonchev–Trinajstić information content (AvgIpc) is 2.83. The zero-order valence-electron chi connectivity index (χ0n) is 11.9. The van der Waals surface area contributed by atoms with E-state index >= 15 is 0 Å². The van der Waals surface area contributed by atoms with Crippen LogP contribution >= 0.6 is 0 Å². The number of rotatable bonds is 2. The molecule has 3 N–H and O–H groups in total. The van der Waals surface area contributed by atoms with Gasteiger partial charge in [0.05, 0.1) is 18.7 Å². The Hall–Kier alpha value is -1.83. The molecule has 0 bridgehead atoms. The maximum atomic E-state index is 12.4. The molecular weight excluding hydrogens is 252 g/mol. The monoisotopic (exact) mass is 272 g/mol. The van der Waals surface area contributed by atoms with E-state index in [0.717, 1.165) is 17.5 Å². The van der Waals surface area contributed by atoms with Crippen LogP contribution in [0.25, 0.3) is 0 Å². The second-order valence-electron chi connectivity index (χ2n) is 4.98. The van der Waals surface area contributed by atoms with Crippen LogP contribution in [0.4, 0.5) is 0 Å². The number of hydrogen-bond donors (Lipinski definition) is 2. The van der Waals surface area contributed by atoms with Crippen LogP contribution in [0.3, 0.4) is 0 Å². The summed E-state index contributed by atoms with van der Waals surface area (Å²) in [5, 5.41) is 3.03. The summed E-state index contributed by atoms with van der Waals surface area (Å²) >= 11 is 0. The molecule has 1 aromatic rings. The molecule has 1 aliphatic rings. The predicted molar refractivity (Wildman–Crippen MR) is 78.4 cm³/mol. The highest BCUT2D eigenvalue weighted by Gasteiger charge is 2.26. The number of carbonyl (C=O) groups is 1. The van der Waals surface area contributed by atoms with Crippen molar-refractivity contribution in [2.45, 2.75) is 32.4 Å². The van der Waals surface area contributed by atoms with Crippen LogP contribution in [0, 0.1) is 18.8 Å². The number of aryl methyl sites for hydroxylation is 1. The Morgan fingerprint density at radius 1 is 1.55 bits per heavy atom. The fourth-order valence-corrected chi connectivity index (χ4v) is 2.26. The summed E-state index contributed by atoms with van der Waals surface area (Å²) in [6.07, 6.45) is 0.929. The normalized spacial score (nSPS) is 21.1. The van der Waals surface area contributed by atoms with Crippen LogP contribution in [-0.4, -0.2) is 31.2 Å². The standard InChI is InChI=1S/C16H20N2O2/c1-11-5-6-13(4-3-8-17)10-14(11)16(19)18-15-7-9-20-12(15)2/h5-6,10,12,15H,7-9,17H2,1-2H3,(H,18,19). The minimum Gasteiger partial charge on any atom is -0.376 e. The number of amides is 1. The molecule has 4 heteroatoms. The Morgan fingerprint density at radius 3 is 3.00 bits per heavy atom. The van der Waals surface area contributed by atoms with Crippen molar-refractivity contribution >= 4 is 5.91 Å². The highest BCUT2D eigenvalue weighted by molar-refractivity contribution is 5.96. The van der Waals surface area contributed by atoms with Crippen molar-refractivity contribution in [3.8, 4) is 11.8 Å². The van der Waals surface area contributed by atoms with Gasteiger partial charge < -0.3 is 15.8 Å². The predicted octanol–water partition coefficient (Wildman–Crippen LogP) is 1.21. The molecule has 2 unspecified atom stereocenters. The van der Waals surface area contributed by atoms with Gasteiger partial charge in [0.2, 0.25) is 0 Å². The van der Waals surface area contributed by atoms with Crippen molar-refractivity contribution in [3.63, 3.8) is 0 Å². The van der Waals surface area contributed by atoms with E-state index in [1.807, 2.05) is 32.0 Å². The molecule has 1 saturated heterocycles. The largest absolute Gasteiger partial charge is 0.376 e. The third kappa shape index (κ3) is 3.38. The fourth-order valence-electron chi connectivity index (χ4n) is 2.26. The molecule has 1 aromatic carbocycles. The Balaban J connectivity index is 2.16. The lowest BCUT2D eigenvalue weighted by Crippen LogP contribution is -2.39. The maximum absolute atomic E-state index is 12.4. The summed E-state index contributed by atoms with van der Waals surface area (Å²) in [5.74, 6) is 5.68. The van der Waals surface area contributed by atoms with Crippen LogP contribution in [0.2, 0.25) is 0 Å². The smallest absolute Gasteiger partial charge is 0.251 e. The van der Waals surface area contributed by atoms with Crippen molar-refractivity contribution in [2.75, 3.05) is 13.2 Å². The van der Waals surface area contributed by atoms with Crippen molar-refractivity contribution in [1.82, 2.24) is 5.32 Å². The lowest BCUT2D eigenvalue weighted by atomic mass is 10.0.